The van der Waals surface area contributed by atoms with Crippen LogP contribution in [0.3, 0.4) is 0 Å². The predicted molar refractivity (Wildman–Crippen MR) is 355 cm³/mol. The van der Waals surface area contributed by atoms with Crippen molar-refractivity contribution in [2.45, 2.75) is 38.5 Å². The van der Waals surface area contributed by atoms with Crippen LogP contribution >= 0.6 is 0 Å². The topological polar surface area (TPSA) is 57.6 Å². The summed E-state index contributed by atoms with van der Waals surface area (Å²) in [5, 5.41) is 8.40. The second-order valence-electron chi connectivity index (χ2n) is 22.0. The first-order valence-electron chi connectivity index (χ1n) is 30.9. The molecule has 0 bridgehead atoms. The number of para-hydroxylation sites is 3. The third kappa shape index (κ3) is 11.4. The van der Waals surface area contributed by atoms with Crippen molar-refractivity contribution in [3.8, 4) is 28.4 Å². The molecule has 0 saturated carbocycles. The maximum atomic E-state index is 9.29. The summed E-state index contributed by atoms with van der Waals surface area (Å²) in [7, 11) is 4.20. The largest absolute Gasteiger partial charge is 0.509 e. The molecule has 0 atom stereocenters. The Balaban J connectivity index is 0.00000800. The van der Waals surface area contributed by atoms with Crippen molar-refractivity contribution < 1.29 is 32.7 Å². The van der Waals surface area contributed by atoms with Crippen LogP contribution in [0.4, 0.5) is 22.7 Å². The van der Waals surface area contributed by atoms with Gasteiger partial charge >= 0.3 is 0 Å². The summed E-state index contributed by atoms with van der Waals surface area (Å²) in [6, 6.07) is 59.1. The molecule has 10 aromatic rings. The van der Waals surface area contributed by atoms with Gasteiger partial charge in [0.05, 0.1) is 6.85 Å². The number of hydrogen-bond acceptors (Lipinski definition) is 6. The third-order valence-electron chi connectivity index (χ3n) is 15.7. The summed E-state index contributed by atoms with van der Waals surface area (Å²) in [6.45, 7) is 10.9. The molecule has 7 nitrogen and oxygen atoms in total. The zero-order valence-corrected chi connectivity index (χ0v) is 50.2. The van der Waals surface area contributed by atoms with Crippen LogP contribution in [-0.2, 0) is 31.9 Å². The predicted octanol–water partition coefficient (Wildman–Crippen LogP) is 17.7. The van der Waals surface area contributed by atoms with Gasteiger partial charge in [0.2, 0.25) is 0 Å². The van der Waals surface area contributed by atoms with Crippen molar-refractivity contribution >= 4 is 70.1 Å². The fourth-order valence-electron chi connectivity index (χ4n) is 11.4. The minimum atomic E-state index is -0.547. The Labute approximate surface area is 528 Å². The van der Waals surface area contributed by atoms with Crippen LogP contribution in [0.15, 0.2) is 279 Å². The van der Waals surface area contributed by atoms with E-state index in [1.165, 1.54) is 5.56 Å². The molecule has 5 heterocycles. The molecule has 13 rings (SSSR count). The van der Waals surface area contributed by atoms with E-state index in [2.05, 4.69) is 196 Å². The third-order valence-corrected chi connectivity index (χ3v) is 15.7. The van der Waals surface area contributed by atoms with Gasteiger partial charge in [0, 0.05) is 91.6 Å². The van der Waals surface area contributed by atoms with Crippen LogP contribution in [-0.4, -0.2) is 24.1 Å². The van der Waals surface area contributed by atoms with E-state index in [9.17, 15) is 2.74 Å². The second-order valence-corrected chi connectivity index (χ2v) is 22.0. The van der Waals surface area contributed by atoms with Gasteiger partial charge in [-0.05, 0) is 111 Å². The molecule has 3 aliphatic heterocycles. The van der Waals surface area contributed by atoms with Gasteiger partial charge < -0.3 is 29.7 Å². The minimum Gasteiger partial charge on any atom is -0.509 e. The number of ether oxygens (including phenoxy) is 1. The van der Waals surface area contributed by atoms with E-state index in [0.717, 1.165) is 77.6 Å². The zero-order chi connectivity index (χ0) is 62.1. The molecule has 420 valence electrons. The summed E-state index contributed by atoms with van der Waals surface area (Å²) in [5.41, 5.74) is 12.7. The van der Waals surface area contributed by atoms with Crippen LogP contribution < -0.4 is 25.2 Å². The molecule has 0 fully saturated rings. The standard InChI is InChI=1S/C76H61B2N6O.Pt/c1-75(2,3)58-35-38-69-66(49-58)63-37-36-61(52-72(63)84(69)73-50-59(39-46-81-73)76(4,56-25-10-6-11-26-56)57-27-12-7-13-28-57)85-62-48-55(54-23-8-5-9-24-54)47-60(51-62)82-53-83(71-34-15-14-33-70(71)82)74-64(67-31-21-44-79-42-18-16-40-77-67)29-20-30-65(74)68-32-22-45-80-43-19-17-41-78-68;/h5-50,53,79-80H,1-4H3;/q-3;/b40-16-,41-17-,42-18-,43-19-,44-21-,45-22-,67-31-,68-32-;/i5D,8D,9D,23D,24D;. The normalized spacial score (nSPS) is 18.3. The van der Waals surface area contributed by atoms with Gasteiger partial charge in [-0.2, -0.15) is 6.07 Å². The number of pyridine rings is 1. The SMILES string of the molecule is [2H]c1c([2H])c([2H])c(-c2cc(Oc3[c-]c4c(cc3)c3cc(C(C)(C)C)ccc3n4-c3cc(C(C)(c4ccccc4)c4ccccc4)ccn3)[c-]c(N3[CH-]N(c4c(/C5=C/C=C\N/C=C\C=C/[B]5)cccc4/C4=C/C=C\N/C=C\C=C/[B]4)c4ccccc43)c2)c([2H])c1[2H].[Pt]. The number of rotatable bonds is 11. The van der Waals surface area contributed by atoms with Crippen molar-refractivity contribution in [1.82, 2.24) is 20.2 Å². The molecule has 2 aromatic heterocycles. The Morgan fingerprint density at radius 2 is 1.17 bits per heavy atom. The van der Waals surface area contributed by atoms with Gasteiger partial charge in [-0.25, -0.2) is 4.98 Å². The number of benzene rings is 8. The Hall–Kier alpha value is -9.55. The van der Waals surface area contributed by atoms with Gasteiger partial charge in [-0.15, -0.1) is 65.6 Å². The monoisotopic (exact) mass is 1300 g/mol. The average molecular weight is 1300 g/mol. The van der Waals surface area contributed by atoms with Gasteiger partial charge in [0.25, 0.3) is 0 Å². The first-order valence-corrected chi connectivity index (χ1v) is 28.4. The van der Waals surface area contributed by atoms with Crippen molar-refractivity contribution in [1.29, 1.82) is 0 Å². The van der Waals surface area contributed by atoms with E-state index < -0.39 is 23.5 Å². The number of allylic oxidation sites excluding steroid dienone is 8. The average Bonchev–Trinajstić information content (AvgIpc) is 1.65. The number of anilines is 4. The van der Waals surface area contributed by atoms with Gasteiger partial charge in [0.15, 0.2) is 14.6 Å². The summed E-state index contributed by atoms with van der Waals surface area (Å²) < 4.78 is 54.0. The van der Waals surface area contributed by atoms with E-state index in [1.807, 2.05) is 127 Å². The quantitative estimate of drug-likeness (QED) is 0.0994. The van der Waals surface area contributed by atoms with E-state index in [4.69, 9.17) is 13.8 Å². The van der Waals surface area contributed by atoms with E-state index >= 15 is 0 Å². The zero-order valence-electron chi connectivity index (χ0n) is 52.9. The maximum absolute atomic E-state index is 9.29. The molecule has 86 heavy (non-hydrogen) atoms. The molecule has 2 N–H and O–H groups in total. The van der Waals surface area contributed by atoms with Crippen molar-refractivity contribution in [3.05, 3.63) is 332 Å². The molecular formula is C76H61B2N6OPt-3. The van der Waals surface area contributed by atoms with Gasteiger partial charge in [-0.3, -0.25) is 0 Å². The molecule has 0 saturated heterocycles. The molecule has 2 radical (unpaired) electrons. The van der Waals surface area contributed by atoms with Gasteiger partial charge in [0.1, 0.15) is 5.82 Å². The Morgan fingerprint density at radius 3 is 1.83 bits per heavy atom. The first kappa shape index (κ1) is 50.9. The summed E-state index contributed by atoms with van der Waals surface area (Å²) in [4.78, 5) is 9.31. The number of nitrogens with zero attached hydrogens (tertiary/aromatic N) is 4. The van der Waals surface area contributed by atoms with Crippen LogP contribution in [0.1, 0.15) is 67.9 Å². The first-order chi connectivity index (χ1) is 43.8. The molecule has 0 amide bonds. The van der Waals surface area contributed by atoms with Gasteiger partial charge in [-0.1, -0.05) is 195 Å². The smallest absolute Gasteiger partial charge is 0.182 e. The van der Waals surface area contributed by atoms with Crippen LogP contribution in [0.5, 0.6) is 11.5 Å². The number of fused-ring (bicyclic) bond motifs is 4. The molecule has 0 unspecified atom stereocenters. The fraction of sp³-hybridized carbons (Fsp3) is 0.0789. The summed E-state index contributed by atoms with van der Waals surface area (Å²) in [6.07, 6.45) is 25.4. The summed E-state index contributed by atoms with van der Waals surface area (Å²) in [5.74, 6) is 5.32. The Bertz CT molecular complexity index is 4560. The van der Waals surface area contributed by atoms with Crippen molar-refractivity contribution in [2.75, 3.05) is 9.80 Å². The van der Waals surface area contributed by atoms with Crippen molar-refractivity contribution in [3.63, 3.8) is 0 Å². The van der Waals surface area contributed by atoms with E-state index in [-0.39, 0.29) is 49.9 Å². The molecule has 10 heteroatoms. The van der Waals surface area contributed by atoms with Crippen LogP contribution in [0, 0.1) is 18.8 Å². The summed E-state index contributed by atoms with van der Waals surface area (Å²) >= 11 is 0. The Kier molecular flexibility index (Phi) is 14.8. The molecule has 8 aromatic carbocycles. The molecule has 3 aliphatic rings. The van der Waals surface area contributed by atoms with Crippen LogP contribution in [0.25, 0.3) is 49.7 Å². The fourth-order valence-corrected chi connectivity index (χ4v) is 11.4. The Morgan fingerprint density at radius 1 is 0.547 bits per heavy atom. The number of aromatic nitrogens is 2. The molecule has 0 spiro atoms. The van der Waals surface area contributed by atoms with E-state index in [0.29, 0.717) is 22.8 Å². The second kappa shape index (κ2) is 25.0. The van der Waals surface area contributed by atoms with Crippen molar-refractivity contribution in [2.24, 2.45) is 0 Å². The number of hydrogen-bond donors (Lipinski definition) is 2. The number of nitrogens with one attached hydrogen (secondary N) is 2. The molecular weight excluding hydrogens is 1230 g/mol. The van der Waals surface area contributed by atoms with Crippen LogP contribution in [0.2, 0.25) is 0 Å². The molecule has 0 aliphatic carbocycles. The van der Waals surface area contributed by atoms with E-state index in [1.54, 1.807) is 12.1 Å². The maximum Gasteiger partial charge on any atom is 0.182 e. The minimum absolute atomic E-state index is 0.